The van der Waals surface area contributed by atoms with Crippen LogP contribution >= 0.6 is 11.8 Å². The second-order valence-electron chi connectivity index (χ2n) is 7.52. The van der Waals surface area contributed by atoms with Crippen LogP contribution in [0.15, 0.2) is 59.8 Å². The first-order valence-corrected chi connectivity index (χ1v) is 11.3. The van der Waals surface area contributed by atoms with Crippen LogP contribution in [0.5, 0.6) is 0 Å². The Hall–Kier alpha value is -2.84. The summed E-state index contributed by atoms with van der Waals surface area (Å²) in [6.07, 6.45) is 0. The number of carbonyl (C=O) groups is 1. The number of nitrogens with one attached hydrogen (secondary N) is 1. The molecule has 0 saturated carbocycles. The standard InChI is InChI=1S/C23H27N5O2S/c1-17-8-6-7-11-20(17)24-21(29)18(2)31-23-26-25-22(27-12-14-30-15-13-27)28(23)16-19-9-4-3-5-10-19/h3-11,18H,12-16H2,1-2H3,(H,24,29). The highest BCUT2D eigenvalue weighted by Gasteiger charge is 2.24. The van der Waals surface area contributed by atoms with Crippen molar-refractivity contribution in [3.63, 3.8) is 0 Å². The fourth-order valence-corrected chi connectivity index (χ4v) is 4.27. The number of ether oxygens (including phenoxy) is 1. The topological polar surface area (TPSA) is 72.3 Å². The maximum Gasteiger partial charge on any atom is 0.237 e. The van der Waals surface area contributed by atoms with Crippen molar-refractivity contribution in [3.8, 4) is 0 Å². The van der Waals surface area contributed by atoms with E-state index in [0.29, 0.717) is 19.8 Å². The molecule has 3 aromatic rings. The van der Waals surface area contributed by atoms with Crippen LogP contribution in [0, 0.1) is 6.92 Å². The highest BCUT2D eigenvalue weighted by molar-refractivity contribution is 8.00. The van der Waals surface area contributed by atoms with Gasteiger partial charge >= 0.3 is 0 Å². The second kappa shape index (κ2) is 9.98. The quantitative estimate of drug-likeness (QED) is 0.570. The molecule has 1 fully saturated rings. The number of carbonyl (C=O) groups excluding carboxylic acids is 1. The van der Waals surface area contributed by atoms with E-state index < -0.39 is 0 Å². The molecule has 1 saturated heterocycles. The number of aromatic nitrogens is 3. The van der Waals surface area contributed by atoms with Crippen LogP contribution in [0.1, 0.15) is 18.1 Å². The first-order chi connectivity index (χ1) is 15.1. The number of amides is 1. The van der Waals surface area contributed by atoms with Gasteiger partial charge < -0.3 is 15.0 Å². The van der Waals surface area contributed by atoms with E-state index in [1.165, 1.54) is 11.8 Å². The Kier molecular flexibility index (Phi) is 6.89. The molecule has 0 radical (unpaired) electrons. The molecule has 1 unspecified atom stereocenters. The number of hydrogen-bond donors (Lipinski definition) is 1. The normalized spacial score (nSPS) is 15.0. The monoisotopic (exact) mass is 437 g/mol. The summed E-state index contributed by atoms with van der Waals surface area (Å²) in [5, 5.41) is 12.4. The third-order valence-corrected chi connectivity index (χ3v) is 6.31. The molecular weight excluding hydrogens is 410 g/mol. The van der Waals surface area contributed by atoms with Crippen LogP contribution in [-0.2, 0) is 16.1 Å². The summed E-state index contributed by atoms with van der Waals surface area (Å²) in [6, 6.07) is 18.0. The van der Waals surface area contributed by atoms with Gasteiger partial charge in [-0.3, -0.25) is 9.36 Å². The van der Waals surface area contributed by atoms with Gasteiger partial charge in [-0.05, 0) is 31.0 Å². The Labute approximate surface area is 186 Å². The van der Waals surface area contributed by atoms with Gasteiger partial charge in [0.1, 0.15) is 0 Å². The van der Waals surface area contributed by atoms with E-state index in [-0.39, 0.29) is 11.2 Å². The summed E-state index contributed by atoms with van der Waals surface area (Å²) in [7, 11) is 0. The number of para-hydroxylation sites is 1. The zero-order valence-electron chi connectivity index (χ0n) is 17.8. The van der Waals surface area contributed by atoms with E-state index in [2.05, 4.69) is 37.1 Å². The lowest BCUT2D eigenvalue weighted by Gasteiger charge is -2.28. The van der Waals surface area contributed by atoms with Gasteiger partial charge in [0.25, 0.3) is 0 Å². The van der Waals surface area contributed by atoms with Gasteiger partial charge in [0.05, 0.1) is 25.0 Å². The molecule has 1 aromatic heterocycles. The second-order valence-corrected chi connectivity index (χ2v) is 8.83. The maximum atomic E-state index is 12.8. The average Bonchev–Trinajstić information content (AvgIpc) is 3.18. The summed E-state index contributed by atoms with van der Waals surface area (Å²) in [5.41, 5.74) is 3.03. The van der Waals surface area contributed by atoms with Crippen LogP contribution in [0.2, 0.25) is 0 Å². The van der Waals surface area contributed by atoms with Gasteiger partial charge in [-0.2, -0.15) is 0 Å². The molecule has 2 heterocycles. The van der Waals surface area contributed by atoms with Crippen molar-refractivity contribution in [3.05, 3.63) is 65.7 Å². The molecule has 7 nitrogen and oxygen atoms in total. The number of anilines is 2. The van der Waals surface area contributed by atoms with Crippen LogP contribution in [0.3, 0.4) is 0 Å². The average molecular weight is 438 g/mol. The molecule has 162 valence electrons. The number of nitrogens with zero attached hydrogens (tertiary/aromatic N) is 4. The predicted octanol–water partition coefficient (Wildman–Crippen LogP) is 3.59. The zero-order chi connectivity index (χ0) is 21.6. The van der Waals surface area contributed by atoms with E-state index in [1.807, 2.05) is 56.3 Å². The van der Waals surface area contributed by atoms with Crippen LogP contribution in [0.25, 0.3) is 0 Å². The summed E-state index contributed by atoms with van der Waals surface area (Å²) >= 11 is 1.43. The van der Waals surface area contributed by atoms with Crippen molar-refractivity contribution in [1.82, 2.24) is 14.8 Å². The number of thioether (sulfide) groups is 1. The fourth-order valence-electron chi connectivity index (χ4n) is 3.43. The lowest BCUT2D eigenvalue weighted by Crippen LogP contribution is -2.38. The summed E-state index contributed by atoms with van der Waals surface area (Å²) in [5.74, 6) is 0.766. The first-order valence-electron chi connectivity index (χ1n) is 10.4. The van der Waals surface area contributed by atoms with Crippen molar-refractivity contribution in [2.24, 2.45) is 0 Å². The molecular formula is C23H27N5O2S. The summed E-state index contributed by atoms with van der Waals surface area (Å²) in [4.78, 5) is 15.0. The van der Waals surface area contributed by atoms with E-state index >= 15 is 0 Å². The molecule has 1 aliphatic rings. The van der Waals surface area contributed by atoms with Crippen molar-refractivity contribution in [1.29, 1.82) is 0 Å². The minimum absolute atomic E-state index is 0.0542. The molecule has 0 bridgehead atoms. The van der Waals surface area contributed by atoms with E-state index in [4.69, 9.17) is 4.74 Å². The summed E-state index contributed by atoms with van der Waals surface area (Å²) in [6.45, 7) is 7.44. The van der Waals surface area contributed by atoms with E-state index in [9.17, 15) is 4.79 Å². The third-order valence-electron chi connectivity index (χ3n) is 5.23. The van der Waals surface area contributed by atoms with Crippen LogP contribution < -0.4 is 10.2 Å². The van der Waals surface area contributed by atoms with Crippen molar-refractivity contribution >= 4 is 29.3 Å². The molecule has 1 atom stereocenters. The minimum atomic E-state index is -0.323. The maximum absolute atomic E-state index is 12.8. The van der Waals surface area contributed by atoms with Gasteiger partial charge in [0, 0.05) is 18.8 Å². The Balaban J connectivity index is 1.54. The third kappa shape index (κ3) is 5.26. The van der Waals surface area contributed by atoms with Crippen molar-refractivity contribution < 1.29 is 9.53 Å². The molecule has 1 aliphatic heterocycles. The summed E-state index contributed by atoms with van der Waals surface area (Å²) < 4.78 is 7.59. The minimum Gasteiger partial charge on any atom is -0.378 e. The predicted molar refractivity (Wildman–Crippen MR) is 124 cm³/mol. The Morgan fingerprint density at radius 1 is 1.10 bits per heavy atom. The number of rotatable bonds is 7. The molecule has 4 rings (SSSR count). The molecule has 31 heavy (non-hydrogen) atoms. The smallest absolute Gasteiger partial charge is 0.237 e. The number of hydrogen-bond acceptors (Lipinski definition) is 6. The number of benzene rings is 2. The lowest BCUT2D eigenvalue weighted by molar-refractivity contribution is -0.115. The fraction of sp³-hybridized carbons (Fsp3) is 0.348. The molecule has 0 aliphatic carbocycles. The lowest BCUT2D eigenvalue weighted by atomic mass is 10.2. The molecule has 0 spiro atoms. The number of morpholine rings is 1. The molecule has 1 amide bonds. The number of aryl methyl sites for hydroxylation is 1. The van der Waals surface area contributed by atoms with Gasteiger partial charge in [-0.15, -0.1) is 10.2 Å². The van der Waals surface area contributed by atoms with E-state index in [1.54, 1.807) is 0 Å². The first kappa shape index (κ1) is 21.4. The highest BCUT2D eigenvalue weighted by Crippen LogP contribution is 2.28. The Morgan fingerprint density at radius 2 is 1.81 bits per heavy atom. The van der Waals surface area contributed by atoms with Crippen LogP contribution in [-0.4, -0.2) is 52.2 Å². The zero-order valence-corrected chi connectivity index (χ0v) is 18.6. The van der Waals surface area contributed by atoms with Gasteiger partial charge in [-0.25, -0.2) is 0 Å². The molecule has 2 aromatic carbocycles. The van der Waals surface area contributed by atoms with E-state index in [0.717, 1.165) is 41.0 Å². The largest absolute Gasteiger partial charge is 0.378 e. The highest BCUT2D eigenvalue weighted by atomic mass is 32.2. The van der Waals surface area contributed by atoms with Crippen molar-refractivity contribution in [2.75, 3.05) is 36.5 Å². The van der Waals surface area contributed by atoms with Gasteiger partial charge in [-0.1, -0.05) is 60.3 Å². The van der Waals surface area contributed by atoms with Crippen LogP contribution in [0.4, 0.5) is 11.6 Å². The molecule has 8 heteroatoms. The Bertz CT molecular complexity index is 1020. The van der Waals surface area contributed by atoms with Gasteiger partial charge in [0.2, 0.25) is 11.9 Å². The van der Waals surface area contributed by atoms with Crippen molar-refractivity contribution in [2.45, 2.75) is 30.8 Å². The Morgan fingerprint density at radius 3 is 2.55 bits per heavy atom. The van der Waals surface area contributed by atoms with Gasteiger partial charge in [0.15, 0.2) is 5.16 Å². The molecule has 1 N–H and O–H groups in total. The SMILES string of the molecule is Cc1ccccc1NC(=O)C(C)Sc1nnc(N2CCOCC2)n1Cc1ccccc1.